The Morgan fingerprint density at radius 1 is 1.26 bits per heavy atom. The second kappa shape index (κ2) is 5.93. The summed E-state index contributed by atoms with van der Waals surface area (Å²) in [5, 5.41) is 0.565. The Morgan fingerprint density at radius 2 is 1.79 bits per heavy atom. The number of carbonyl (C=O) groups excluding carboxylic acids is 2. The van der Waals surface area contributed by atoms with E-state index in [2.05, 4.69) is 0 Å². The van der Waals surface area contributed by atoms with Crippen LogP contribution < -0.4 is 10.5 Å². The highest BCUT2D eigenvalue weighted by Crippen LogP contribution is 2.22. The quantitative estimate of drug-likeness (QED) is 0.838. The number of amides is 1. The zero-order valence-electron chi connectivity index (χ0n) is 11.0. The van der Waals surface area contributed by atoms with Crippen molar-refractivity contribution in [1.29, 1.82) is 0 Å². The molecule has 104 valence electrons. The maximum Gasteiger partial charge on any atom is 0.350 e. The molecule has 2 N–H and O–H groups in total. The topological polar surface area (TPSA) is 78.6 Å². The summed E-state index contributed by atoms with van der Waals surface area (Å²) in [4.78, 5) is 22.7. The first kappa shape index (κ1) is 15.3. The van der Waals surface area contributed by atoms with Crippen molar-refractivity contribution in [2.75, 3.05) is 0 Å². The van der Waals surface area contributed by atoms with E-state index in [0.29, 0.717) is 10.8 Å². The summed E-state index contributed by atoms with van der Waals surface area (Å²) in [7, 11) is 0. The Labute approximate surface area is 116 Å². The van der Waals surface area contributed by atoms with Crippen LogP contribution >= 0.6 is 11.6 Å². The van der Waals surface area contributed by atoms with Gasteiger partial charge in [0.1, 0.15) is 5.75 Å². The lowest BCUT2D eigenvalue weighted by molar-refractivity contribution is -0.167. The molecule has 0 aliphatic heterocycles. The van der Waals surface area contributed by atoms with Gasteiger partial charge in [0.15, 0.2) is 11.7 Å². The number of rotatable bonds is 5. The summed E-state index contributed by atoms with van der Waals surface area (Å²) >= 11 is 5.75. The van der Waals surface area contributed by atoms with Crippen molar-refractivity contribution < 1.29 is 19.1 Å². The van der Waals surface area contributed by atoms with Gasteiger partial charge < -0.3 is 15.2 Å². The van der Waals surface area contributed by atoms with Crippen molar-refractivity contribution in [2.24, 2.45) is 5.73 Å². The molecule has 1 aromatic rings. The fourth-order valence-electron chi connectivity index (χ4n) is 1.20. The lowest BCUT2D eigenvalue weighted by Crippen LogP contribution is -2.43. The van der Waals surface area contributed by atoms with Crippen LogP contribution in [0.15, 0.2) is 24.3 Å². The van der Waals surface area contributed by atoms with Crippen LogP contribution in [0.5, 0.6) is 5.75 Å². The van der Waals surface area contributed by atoms with E-state index >= 15 is 0 Å². The zero-order valence-corrected chi connectivity index (χ0v) is 11.7. The lowest BCUT2D eigenvalue weighted by Gasteiger charge is -2.25. The number of hydrogen-bond donors (Lipinski definition) is 1. The van der Waals surface area contributed by atoms with Gasteiger partial charge in [0, 0.05) is 5.02 Å². The van der Waals surface area contributed by atoms with Crippen LogP contribution in [0.1, 0.15) is 20.8 Å². The number of esters is 1. The van der Waals surface area contributed by atoms with Crippen LogP contribution in [0.3, 0.4) is 0 Å². The Kier molecular flexibility index (Phi) is 4.78. The van der Waals surface area contributed by atoms with E-state index in [1.165, 1.54) is 20.8 Å². The van der Waals surface area contributed by atoms with Gasteiger partial charge in [-0.2, -0.15) is 0 Å². The third-order valence-electron chi connectivity index (χ3n) is 2.36. The van der Waals surface area contributed by atoms with Gasteiger partial charge in [0.2, 0.25) is 0 Å². The average Bonchev–Trinajstić information content (AvgIpc) is 2.31. The first-order valence-corrected chi connectivity index (χ1v) is 6.05. The minimum absolute atomic E-state index is 0.470. The third kappa shape index (κ3) is 4.44. The van der Waals surface area contributed by atoms with Gasteiger partial charge in [-0.25, -0.2) is 4.79 Å². The average molecular weight is 286 g/mol. The summed E-state index contributed by atoms with van der Waals surface area (Å²) in [6, 6.07) is 6.55. The molecule has 0 fully saturated rings. The summed E-state index contributed by atoms with van der Waals surface area (Å²) in [6.07, 6.45) is -0.999. The molecule has 1 atom stereocenters. The van der Waals surface area contributed by atoms with Crippen molar-refractivity contribution >= 4 is 23.5 Å². The number of primary amides is 1. The van der Waals surface area contributed by atoms with Crippen LogP contribution in [-0.2, 0) is 14.3 Å². The van der Waals surface area contributed by atoms with Gasteiger partial charge in [-0.3, -0.25) is 4.79 Å². The number of halogens is 1. The van der Waals surface area contributed by atoms with Crippen molar-refractivity contribution in [1.82, 2.24) is 0 Å². The van der Waals surface area contributed by atoms with Crippen LogP contribution in [0, 0.1) is 0 Å². The molecule has 0 saturated heterocycles. The van der Waals surface area contributed by atoms with Crippen LogP contribution in [-0.4, -0.2) is 23.6 Å². The summed E-state index contributed by atoms with van der Waals surface area (Å²) in [6.45, 7) is 4.48. The molecule has 6 heteroatoms. The molecular formula is C13H16ClNO4. The van der Waals surface area contributed by atoms with E-state index in [4.69, 9.17) is 26.8 Å². The molecule has 1 rings (SSSR count). The van der Waals surface area contributed by atoms with Gasteiger partial charge in [0.05, 0.1) is 0 Å². The first-order chi connectivity index (χ1) is 8.72. The number of ether oxygens (including phenoxy) is 2. The normalized spacial score (nSPS) is 12.6. The van der Waals surface area contributed by atoms with Gasteiger partial charge in [-0.05, 0) is 45.0 Å². The van der Waals surface area contributed by atoms with Gasteiger partial charge in [-0.1, -0.05) is 11.6 Å². The van der Waals surface area contributed by atoms with E-state index in [-0.39, 0.29) is 0 Å². The van der Waals surface area contributed by atoms with Crippen molar-refractivity contribution in [3.05, 3.63) is 29.3 Å². The largest absolute Gasteiger partial charge is 0.476 e. The summed E-state index contributed by atoms with van der Waals surface area (Å²) < 4.78 is 10.4. The van der Waals surface area contributed by atoms with Crippen molar-refractivity contribution in [3.63, 3.8) is 0 Å². The molecule has 19 heavy (non-hydrogen) atoms. The highest BCUT2D eigenvalue weighted by Gasteiger charge is 2.34. The number of hydrogen-bond acceptors (Lipinski definition) is 4. The number of carbonyl (C=O) groups is 2. The SMILES string of the molecule is CC(OC(=O)C(C)(C)Oc1ccc(Cl)cc1)C(N)=O. The Balaban J connectivity index is 2.72. The molecule has 0 spiro atoms. The molecule has 0 radical (unpaired) electrons. The molecule has 0 heterocycles. The predicted octanol–water partition coefficient (Wildman–Crippen LogP) is 1.91. The monoisotopic (exact) mass is 285 g/mol. The van der Waals surface area contributed by atoms with Crippen LogP contribution in [0.4, 0.5) is 0 Å². The second-order valence-electron chi connectivity index (χ2n) is 4.52. The Bertz CT molecular complexity index is 470. The van der Waals surface area contributed by atoms with E-state index in [0.717, 1.165) is 0 Å². The van der Waals surface area contributed by atoms with Crippen LogP contribution in [0.25, 0.3) is 0 Å². The Hall–Kier alpha value is -1.75. The summed E-state index contributed by atoms with van der Waals surface area (Å²) in [5.74, 6) is -0.914. The van der Waals surface area contributed by atoms with Gasteiger partial charge >= 0.3 is 5.97 Å². The molecule has 0 bridgehead atoms. The van der Waals surface area contributed by atoms with E-state index in [1.54, 1.807) is 24.3 Å². The highest BCUT2D eigenvalue weighted by molar-refractivity contribution is 6.30. The van der Waals surface area contributed by atoms with Crippen LogP contribution in [0.2, 0.25) is 5.02 Å². The molecule has 0 aromatic heterocycles. The van der Waals surface area contributed by atoms with Gasteiger partial charge in [0.25, 0.3) is 5.91 Å². The Morgan fingerprint density at radius 3 is 2.26 bits per heavy atom. The number of nitrogens with two attached hydrogens (primary N) is 1. The highest BCUT2D eigenvalue weighted by atomic mass is 35.5. The zero-order chi connectivity index (χ0) is 14.6. The molecule has 1 amide bonds. The molecule has 0 aliphatic rings. The summed E-state index contributed by atoms with van der Waals surface area (Å²) in [5.41, 5.74) is 3.79. The maximum absolute atomic E-state index is 11.9. The van der Waals surface area contributed by atoms with Crippen molar-refractivity contribution in [3.8, 4) is 5.75 Å². The molecule has 1 unspecified atom stereocenters. The predicted molar refractivity (Wildman–Crippen MR) is 70.9 cm³/mol. The minimum atomic E-state index is -1.24. The van der Waals surface area contributed by atoms with E-state index in [1.807, 2.05) is 0 Å². The second-order valence-corrected chi connectivity index (χ2v) is 4.95. The van der Waals surface area contributed by atoms with Crippen molar-refractivity contribution in [2.45, 2.75) is 32.5 Å². The molecule has 0 saturated carbocycles. The molecular weight excluding hydrogens is 270 g/mol. The number of benzene rings is 1. The van der Waals surface area contributed by atoms with E-state index < -0.39 is 23.6 Å². The molecule has 5 nitrogen and oxygen atoms in total. The molecule has 1 aromatic carbocycles. The lowest BCUT2D eigenvalue weighted by atomic mass is 10.1. The smallest absolute Gasteiger partial charge is 0.350 e. The van der Waals surface area contributed by atoms with E-state index in [9.17, 15) is 9.59 Å². The molecule has 0 aliphatic carbocycles. The minimum Gasteiger partial charge on any atom is -0.476 e. The van der Waals surface area contributed by atoms with Gasteiger partial charge in [-0.15, -0.1) is 0 Å². The first-order valence-electron chi connectivity index (χ1n) is 5.67. The third-order valence-corrected chi connectivity index (χ3v) is 2.61. The standard InChI is InChI=1S/C13H16ClNO4/c1-8(11(15)16)18-12(17)13(2,3)19-10-6-4-9(14)5-7-10/h4-8H,1-3H3,(H2,15,16). The maximum atomic E-state index is 11.9. The fraction of sp³-hybridized carbons (Fsp3) is 0.385. The fourth-order valence-corrected chi connectivity index (χ4v) is 1.33.